The van der Waals surface area contributed by atoms with Gasteiger partial charge < -0.3 is 29.9 Å². The van der Waals surface area contributed by atoms with E-state index in [0.29, 0.717) is 59.1 Å². The van der Waals surface area contributed by atoms with Crippen LogP contribution in [0.25, 0.3) is 0 Å². The van der Waals surface area contributed by atoms with Crippen LogP contribution in [0.15, 0.2) is 36.4 Å². The Kier molecular flexibility index (Phi) is 11.3. The predicted octanol–water partition coefficient (Wildman–Crippen LogP) is 5.52. The first-order chi connectivity index (χ1) is 19.7. The van der Waals surface area contributed by atoms with Gasteiger partial charge in [0.2, 0.25) is 11.8 Å². The first kappa shape index (κ1) is 33.2. The molecule has 2 aromatic rings. The highest BCUT2D eigenvalue weighted by molar-refractivity contribution is 6.30. The number of benzene rings is 2. The Morgan fingerprint density at radius 2 is 1.69 bits per heavy atom. The molecular weight excluding hydrogens is 560 g/mol. The van der Waals surface area contributed by atoms with Gasteiger partial charge in [0.15, 0.2) is 0 Å². The second-order valence-electron chi connectivity index (χ2n) is 12.1. The summed E-state index contributed by atoms with van der Waals surface area (Å²) in [6, 6.07) is 9.90. The normalized spacial score (nSPS) is 15.7. The van der Waals surface area contributed by atoms with E-state index in [1.54, 1.807) is 35.2 Å². The molecular formula is C32H43ClN2O7. The second-order valence-corrected chi connectivity index (χ2v) is 12.5. The van der Waals surface area contributed by atoms with Crippen LogP contribution in [0.3, 0.4) is 0 Å². The summed E-state index contributed by atoms with van der Waals surface area (Å²) in [5.74, 6) is -0.834. The Labute approximate surface area is 253 Å². The molecule has 1 aliphatic heterocycles. The Bertz CT molecular complexity index is 1270. The molecule has 0 bridgehead atoms. The highest BCUT2D eigenvalue weighted by atomic mass is 35.5. The summed E-state index contributed by atoms with van der Waals surface area (Å²) in [4.78, 5) is 39.0. The van der Waals surface area contributed by atoms with Gasteiger partial charge in [0, 0.05) is 42.1 Å². The number of nitrogens with zero attached hydrogens (tertiary/aromatic N) is 1. The molecule has 1 aliphatic rings. The van der Waals surface area contributed by atoms with Crippen molar-refractivity contribution < 1.29 is 34.1 Å². The monoisotopic (exact) mass is 602 g/mol. The summed E-state index contributed by atoms with van der Waals surface area (Å²) >= 11 is 6.54. The third kappa shape index (κ3) is 8.38. The van der Waals surface area contributed by atoms with Gasteiger partial charge >= 0.3 is 5.97 Å². The number of para-hydroxylation sites is 1. The van der Waals surface area contributed by atoms with Gasteiger partial charge in [0.1, 0.15) is 17.6 Å². The van der Waals surface area contributed by atoms with Crippen molar-refractivity contribution in [3.63, 3.8) is 0 Å². The molecule has 230 valence electrons. The van der Waals surface area contributed by atoms with Crippen LogP contribution in [0, 0.1) is 11.3 Å². The maximum absolute atomic E-state index is 13.3. The zero-order valence-corrected chi connectivity index (χ0v) is 26.0. The highest BCUT2D eigenvalue weighted by Crippen LogP contribution is 2.45. The van der Waals surface area contributed by atoms with Gasteiger partial charge in [-0.15, -0.1) is 0 Å². The lowest BCUT2D eigenvalue weighted by molar-refractivity contribution is -0.145. The molecule has 2 aromatic carbocycles. The minimum absolute atomic E-state index is 0.00704. The van der Waals surface area contributed by atoms with Gasteiger partial charge in [0.05, 0.1) is 25.2 Å². The van der Waals surface area contributed by atoms with Crippen LogP contribution < -0.4 is 14.8 Å². The molecule has 3 N–H and O–H groups in total. The fourth-order valence-electron chi connectivity index (χ4n) is 5.27. The van der Waals surface area contributed by atoms with Crippen molar-refractivity contribution >= 4 is 29.4 Å². The smallest absolute Gasteiger partial charge is 0.306 e. The number of carbonyl (C=O) groups is 3. The molecule has 1 saturated heterocycles. The molecule has 0 radical (unpaired) electrons. The molecule has 9 nitrogen and oxygen atoms in total. The van der Waals surface area contributed by atoms with E-state index >= 15 is 0 Å². The second kappa shape index (κ2) is 14.2. The molecule has 0 aliphatic carbocycles. The standard InChI is InChI=1S/C32H43ClN2O7/c1-19(2)42-25-18-21(33)17-23(29(38)22-9-7-8-10-24(22)41-6)28(25)30(32(3,4)5)34-26(36)11-12-27(37)35-15-13-20(14-16-35)31(39)40/h7-10,17-20,29-30,38H,11-16H2,1-6H3,(H,34,36)(H,39,40)/t29-,30?/m1/s1. The number of aliphatic hydroxyl groups is 1. The van der Waals surface area contributed by atoms with Crippen LogP contribution in [0.1, 0.15) is 89.1 Å². The molecule has 2 amide bonds. The fourth-order valence-corrected chi connectivity index (χ4v) is 5.49. The molecule has 1 heterocycles. The van der Waals surface area contributed by atoms with Gasteiger partial charge in [-0.3, -0.25) is 14.4 Å². The molecule has 1 fully saturated rings. The van der Waals surface area contributed by atoms with E-state index in [4.69, 9.17) is 21.1 Å². The van der Waals surface area contributed by atoms with Crippen LogP contribution in [0.2, 0.25) is 5.02 Å². The molecule has 10 heteroatoms. The molecule has 0 saturated carbocycles. The van der Waals surface area contributed by atoms with Crippen LogP contribution in [-0.2, 0) is 14.4 Å². The number of likely N-dealkylation sites (tertiary alicyclic amines) is 1. The summed E-state index contributed by atoms with van der Waals surface area (Å²) < 4.78 is 11.7. The lowest BCUT2D eigenvalue weighted by atomic mass is 9.78. The first-order valence-electron chi connectivity index (χ1n) is 14.3. The summed E-state index contributed by atoms with van der Waals surface area (Å²) in [5.41, 5.74) is 1.07. The number of aliphatic carboxylic acids is 1. The summed E-state index contributed by atoms with van der Waals surface area (Å²) in [5, 5.41) is 24.4. The van der Waals surface area contributed by atoms with E-state index < -0.39 is 29.4 Å². The van der Waals surface area contributed by atoms with Crippen LogP contribution in [0.4, 0.5) is 0 Å². The lowest BCUT2D eigenvalue weighted by Crippen LogP contribution is -2.41. The van der Waals surface area contributed by atoms with Gasteiger partial charge in [0.25, 0.3) is 0 Å². The van der Waals surface area contributed by atoms with Crippen molar-refractivity contribution in [2.75, 3.05) is 20.2 Å². The number of carboxylic acid groups (broad SMARTS) is 1. The number of ether oxygens (including phenoxy) is 2. The van der Waals surface area contributed by atoms with E-state index in [9.17, 15) is 24.6 Å². The van der Waals surface area contributed by atoms with E-state index in [1.807, 2.05) is 40.7 Å². The predicted molar refractivity (Wildman–Crippen MR) is 161 cm³/mol. The van der Waals surface area contributed by atoms with Gasteiger partial charge in [-0.1, -0.05) is 50.6 Å². The van der Waals surface area contributed by atoms with Gasteiger partial charge in [-0.05, 0) is 55.9 Å². The Morgan fingerprint density at radius 3 is 2.26 bits per heavy atom. The molecule has 3 rings (SSSR count). The summed E-state index contributed by atoms with van der Waals surface area (Å²) in [6.07, 6.45) is -0.563. The Morgan fingerprint density at radius 1 is 1.05 bits per heavy atom. The van der Waals surface area contributed by atoms with Crippen molar-refractivity contribution in [1.29, 1.82) is 0 Å². The fraction of sp³-hybridized carbons (Fsp3) is 0.531. The number of piperidine rings is 1. The Hall–Kier alpha value is -3.30. The number of amides is 2. The number of nitrogens with one attached hydrogen (secondary N) is 1. The number of carbonyl (C=O) groups excluding carboxylic acids is 2. The van der Waals surface area contributed by atoms with Gasteiger partial charge in [-0.2, -0.15) is 0 Å². The minimum Gasteiger partial charge on any atom is -0.496 e. The van der Waals surface area contributed by atoms with Crippen molar-refractivity contribution in [2.24, 2.45) is 11.3 Å². The van der Waals surface area contributed by atoms with Crippen molar-refractivity contribution in [3.8, 4) is 11.5 Å². The number of hydrogen-bond acceptors (Lipinski definition) is 6. The third-order valence-corrected chi connectivity index (χ3v) is 7.67. The first-order valence-corrected chi connectivity index (χ1v) is 14.7. The highest BCUT2D eigenvalue weighted by Gasteiger charge is 2.35. The van der Waals surface area contributed by atoms with Crippen molar-refractivity contribution in [3.05, 3.63) is 58.1 Å². The number of methoxy groups -OCH3 is 1. The maximum Gasteiger partial charge on any atom is 0.306 e. The quantitative estimate of drug-likeness (QED) is 0.309. The largest absolute Gasteiger partial charge is 0.496 e. The minimum atomic E-state index is -1.14. The van der Waals surface area contributed by atoms with E-state index in [1.165, 1.54) is 7.11 Å². The number of halogens is 1. The van der Waals surface area contributed by atoms with Crippen molar-refractivity contribution in [1.82, 2.24) is 10.2 Å². The van der Waals surface area contributed by atoms with Crippen LogP contribution >= 0.6 is 11.6 Å². The van der Waals surface area contributed by atoms with E-state index in [-0.39, 0.29) is 30.8 Å². The van der Waals surface area contributed by atoms with Crippen LogP contribution in [-0.4, -0.2) is 59.2 Å². The average Bonchev–Trinajstić information content (AvgIpc) is 2.93. The molecule has 0 aromatic heterocycles. The van der Waals surface area contributed by atoms with E-state index in [0.717, 1.165) is 0 Å². The molecule has 0 spiro atoms. The van der Waals surface area contributed by atoms with E-state index in [2.05, 4.69) is 5.32 Å². The Balaban J connectivity index is 1.92. The van der Waals surface area contributed by atoms with Crippen LogP contribution in [0.5, 0.6) is 11.5 Å². The third-order valence-electron chi connectivity index (χ3n) is 7.45. The number of hydrogen-bond donors (Lipinski definition) is 3. The number of rotatable bonds is 11. The topological polar surface area (TPSA) is 125 Å². The molecule has 1 unspecified atom stereocenters. The lowest BCUT2D eigenvalue weighted by Gasteiger charge is -2.36. The molecule has 42 heavy (non-hydrogen) atoms. The number of aliphatic hydroxyl groups excluding tert-OH is 1. The SMILES string of the molecule is COc1ccccc1[C@@H](O)c1cc(Cl)cc(OC(C)C)c1C(NC(=O)CCC(=O)N1CCC(C(=O)O)CC1)C(C)(C)C. The zero-order chi connectivity index (χ0) is 31.2. The summed E-state index contributed by atoms with van der Waals surface area (Å²) in [7, 11) is 1.53. The zero-order valence-electron chi connectivity index (χ0n) is 25.3. The molecule has 2 atom stereocenters. The summed E-state index contributed by atoms with van der Waals surface area (Å²) in [6.45, 7) is 10.4. The average molecular weight is 603 g/mol. The van der Waals surface area contributed by atoms with Gasteiger partial charge in [-0.25, -0.2) is 0 Å². The maximum atomic E-state index is 13.3. The number of carboxylic acids is 1. The van der Waals surface area contributed by atoms with Crippen molar-refractivity contribution in [2.45, 2.75) is 78.6 Å².